The summed E-state index contributed by atoms with van der Waals surface area (Å²) in [5.74, 6) is -2.25. The topological polar surface area (TPSA) is 107 Å². The smallest absolute Gasteiger partial charge is 0.335 e. The molecule has 0 saturated carbocycles. The second kappa shape index (κ2) is 7.04. The number of aliphatic carboxylic acids is 1. The van der Waals surface area contributed by atoms with E-state index in [9.17, 15) is 14.4 Å². The summed E-state index contributed by atoms with van der Waals surface area (Å²) in [7, 11) is 0. The number of benzene rings is 1. The van der Waals surface area contributed by atoms with Crippen LogP contribution in [-0.2, 0) is 9.59 Å². The van der Waals surface area contributed by atoms with Crippen LogP contribution in [0, 0.1) is 0 Å². The van der Waals surface area contributed by atoms with E-state index in [1.807, 2.05) is 0 Å². The van der Waals surface area contributed by atoms with Crippen molar-refractivity contribution in [3.63, 3.8) is 0 Å². The van der Waals surface area contributed by atoms with E-state index in [0.717, 1.165) is 12.8 Å². The Morgan fingerprint density at radius 2 is 1.82 bits per heavy atom. The van der Waals surface area contributed by atoms with Gasteiger partial charge in [-0.05, 0) is 43.7 Å². The number of nitrogens with zero attached hydrogens (tertiary/aromatic N) is 1. The van der Waals surface area contributed by atoms with Crippen LogP contribution in [0.4, 0.5) is 5.69 Å². The summed E-state index contributed by atoms with van der Waals surface area (Å²) in [6.45, 7) is 0.597. The average Bonchev–Trinajstić information content (AvgIpc) is 2.48. The highest BCUT2D eigenvalue weighted by Gasteiger charge is 2.29. The molecule has 7 heteroatoms. The van der Waals surface area contributed by atoms with Crippen molar-refractivity contribution in [2.75, 3.05) is 18.4 Å². The van der Waals surface area contributed by atoms with Crippen LogP contribution in [0.5, 0.6) is 0 Å². The minimum atomic E-state index is -1.03. The van der Waals surface area contributed by atoms with Crippen LogP contribution in [-0.4, -0.2) is 52.1 Å². The predicted molar refractivity (Wildman–Crippen MR) is 78.9 cm³/mol. The first-order chi connectivity index (χ1) is 10.5. The summed E-state index contributed by atoms with van der Waals surface area (Å²) in [6, 6.07) is 5.20. The Kier molecular flexibility index (Phi) is 5.11. The van der Waals surface area contributed by atoms with Crippen molar-refractivity contribution in [3.8, 4) is 0 Å². The van der Waals surface area contributed by atoms with Crippen molar-refractivity contribution < 1.29 is 24.6 Å². The molecule has 1 atom stereocenters. The number of piperidine rings is 1. The molecule has 1 aliphatic heterocycles. The third-order valence-electron chi connectivity index (χ3n) is 3.66. The highest BCUT2D eigenvalue weighted by Crippen LogP contribution is 2.17. The molecular weight excluding hydrogens is 288 g/mol. The third kappa shape index (κ3) is 4.05. The zero-order chi connectivity index (χ0) is 16.1. The third-order valence-corrected chi connectivity index (χ3v) is 3.66. The zero-order valence-electron chi connectivity index (χ0n) is 12.0. The molecule has 1 aliphatic rings. The van der Waals surface area contributed by atoms with Gasteiger partial charge >= 0.3 is 11.9 Å². The van der Waals surface area contributed by atoms with E-state index in [4.69, 9.17) is 10.2 Å². The number of hydrogen-bond acceptors (Lipinski definition) is 4. The molecule has 0 aromatic heterocycles. The molecule has 1 aromatic rings. The first-order valence-electron chi connectivity index (χ1n) is 7.07. The summed E-state index contributed by atoms with van der Waals surface area (Å²) in [6.07, 6.45) is 2.28. The van der Waals surface area contributed by atoms with Crippen LogP contribution >= 0.6 is 0 Å². The number of carbonyl (C=O) groups is 3. The fourth-order valence-electron chi connectivity index (χ4n) is 2.54. The Hall–Kier alpha value is -2.41. The highest BCUT2D eigenvalue weighted by atomic mass is 16.4. The molecule has 3 N–H and O–H groups in total. The van der Waals surface area contributed by atoms with Gasteiger partial charge in [-0.3, -0.25) is 14.5 Å². The second-order valence-electron chi connectivity index (χ2n) is 5.25. The van der Waals surface area contributed by atoms with Gasteiger partial charge in [0.25, 0.3) is 0 Å². The standard InChI is InChI=1S/C15H18N2O5/c18-13(9-17-8-2-1-3-12(17)15(21)22)16-11-6-4-10(5-7-11)14(19)20/h4-7,12H,1-3,8-9H2,(H,16,18)(H,19,20)(H,21,22). The van der Waals surface area contributed by atoms with Gasteiger partial charge in [0.05, 0.1) is 12.1 Å². The Morgan fingerprint density at radius 1 is 1.14 bits per heavy atom. The van der Waals surface area contributed by atoms with E-state index in [0.29, 0.717) is 18.7 Å². The van der Waals surface area contributed by atoms with Crippen LogP contribution < -0.4 is 5.32 Å². The zero-order valence-corrected chi connectivity index (χ0v) is 12.0. The summed E-state index contributed by atoms with van der Waals surface area (Å²) in [5, 5.41) is 20.6. The molecule has 1 amide bonds. The summed E-state index contributed by atoms with van der Waals surface area (Å²) in [5.41, 5.74) is 0.624. The van der Waals surface area contributed by atoms with Crippen molar-refractivity contribution in [2.45, 2.75) is 25.3 Å². The number of carboxylic acid groups (broad SMARTS) is 2. The van der Waals surface area contributed by atoms with Crippen molar-refractivity contribution in [1.29, 1.82) is 0 Å². The number of rotatable bonds is 5. The van der Waals surface area contributed by atoms with Crippen molar-refractivity contribution in [2.24, 2.45) is 0 Å². The lowest BCUT2D eigenvalue weighted by Crippen LogP contribution is -2.47. The van der Waals surface area contributed by atoms with Crippen LogP contribution in [0.3, 0.4) is 0 Å². The number of aromatic carboxylic acids is 1. The van der Waals surface area contributed by atoms with Gasteiger partial charge in [0.2, 0.25) is 5.91 Å². The Bertz CT molecular complexity index is 570. The lowest BCUT2D eigenvalue weighted by molar-refractivity contribution is -0.145. The van der Waals surface area contributed by atoms with E-state index >= 15 is 0 Å². The van der Waals surface area contributed by atoms with Crippen molar-refractivity contribution >= 4 is 23.5 Å². The fourth-order valence-corrected chi connectivity index (χ4v) is 2.54. The second-order valence-corrected chi connectivity index (χ2v) is 5.25. The van der Waals surface area contributed by atoms with Gasteiger partial charge in [-0.1, -0.05) is 6.42 Å². The number of likely N-dealkylation sites (tertiary alicyclic amines) is 1. The quantitative estimate of drug-likeness (QED) is 0.756. The number of hydrogen-bond donors (Lipinski definition) is 3. The molecular formula is C15H18N2O5. The van der Waals surface area contributed by atoms with E-state index in [1.54, 1.807) is 4.90 Å². The Balaban J connectivity index is 1.94. The van der Waals surface area contributed by atoms with Crippen LogP contribution in [0.1, 0.15) is 29.6 Å². The maximum absolute atomic E-state index is 12.0. The molecule has 1 aromatic carbocycles. The van der Waals surface area contributed by atoms with Crippen LogP contribution in [0.25, 0.3) is 0 Å². The van der Waals surface area contributed by atoms with Gasteiger partial charge in [0.1, 0.15) is 6.04 Å². The van der Waals surface area contributed by atoms with Crippen molar-refractivity contribution in [1.82, 2.24) is 4.90 Å². The van der Waals surface area contributed by atoms with Gasteiger partial charge in [-0.25, -0.2) is 4.79 Å². The Morgan fingerprint density at radius 3 is 2.41 bits per heavy atom. The largest absolute Gasteiger partial charge is 0.480 e. The summed E-state index contributed by atoms with van der Waals surface area (Å²) < 4.78 is 0. The molecule has 2 rings (SSSR count). The van der Waals surface area contributed by atoms with Crippen LogP contribution in [0.2, 0.25) is 0 Å². The van der Waals surface area contributed by atoms with Crippen LogP contribution in [0.15, 0.2) is 24.3 Å². The minimum absolute atomic E-state index is 0.0116. The molecule has 7 nitrogen and oxygen atoms in total. The average molecular weight is 306 g/mol. The molecule has 0 bridgehead atoms. The van der Waals surface area contributed by atoms with Crippen molar-refractivity contribution in [3.05, 3.63) is 29.8 Å². The van der Waals surface area contributed by atoms with Gasteiger partial charge < -0.3 is 15.5 Å². The van der Waals surface area contributed by atoms with E-state index < -0.39 is 18.0 Å². The Labute approximate surface area is 127 Å². The number of amides is 1. The first kappa shape index (κ1) is 16.0. The minimum Gasteiger partial charge on any atom is -0.480 e. The molecule has 1 unspecified atom stereocenters. The molecule has 1 saturated heterocycles. The molecule has 0 radical (unpaired) electrons. The predicted octanol–water partition coefficient (Wildman–Crippen LogP) is 1.26. The SMILES string of the molecule is O=C(CN1CCCCC1C(=O)O)Nc1ccc(C(=O)O)cc1. The van der Waals surface area contributed by atoms with Gasteiger partial charge in [-0.15, -0.1) is 0 Å². The molecule has 1 heterocycles. The molecule has 22 heavy (non-hydrogen) atoms. The van der Waals surface area contributed by atoms with E-state index in [2.05, 4.69) is 5.32 Å². The molecule has 0 spiro atoms. The summed E-state index contributed by atoms with van der Waals surface area (Å²) >= 11 is 0. The van der Waals surface area contributed by atoms with E-state index in [-0.39, 0.29) is 18.0 Å². The number of nitrogens with one attached hydrogen (secondary N) is 1. The molecule has 118 valence electrons. The number of anilines is 1. The highest BCUT2D eigenvalue weighted by molar-refractivity contribution is 5.93. The lowest BCUT2D eigenvalue weighted by Gasteiger charge is -2.32. The van der Waals surface area contributed by atoms with E-state index in [1.165, 1.54) is 24.3 Å². The molecule has 1 fully saturated rings. The normalized spacial score (nSPS) is 18.6. The first-order valence-corrected chi connectivity index (χ1v) is 7.07. The lowest BCUT2D eigenvalue weighted by atomic mass is 10.0. The fraction of sp³-hybridized carbons (Fsp3) is 0.400. The van der Waals surface area contributed by atoms with Gasteiger partial charge in [0.15, 0.2) is 0 Å². The van der Waals surface area contributed by atoms with Gasteiger partial charge in [-0.2, -0.15) is 0 Å². The molecule has 0 aliphatic carbocycles. The monoisotopic (exact) mass is 306 g/mol. The van der Waals surface area contributed by atoms with Gasteiger partial charge in [0, 0.05) is 5.69 Å². The maximum atomic E-state index is 12.0. The summed E-state index contributed by atoms with van der Waals surface area (Å²) in [4.78, 5) is 35.6. The maximum Gasteiger partial charge on any atom is 0.335 e. The number of carbonyl (C=O) groups excluding carboxylic acids is 1. The number of carboxylic acids is 2.